The summed E-state index contributed by atoms with van der Waals surface area (Å²) >= 11 is 1.60. The van der Waals surface area contributed by atoms with Gasteiger partial charge in [-0.25, -0.2) is 4.79 Å². The summed E-state index contributed by atoms with van der Waals surface area (Å²) in [4.78, 5) is 26.6. The van der Waals surface area contributed by atoms with Gasteiger partial charge in [-0.05, 0) is 37.6 Å². The maximum Gasteiger partial charge on any atom is 0.335 e. The molecule has 1 heterocycles. The number of nitrogens with zero attached hydrogens (tertiary/aromatic N) is 1. The molecule has 0 saturated heterocycles. The normalized spacial score (nSPS) is 13.7. The summed E-state index contributed by atoms with van der Waals surface area (Å²) in [5, 5.41) is 1.97. The van der Waals surface area contributed by atoms with Crippen molar-refractivity contribution in [1.82, 2.24) is 4.90 Å². The summed E-state index contributed by atoms with van der Waals surface area (Å²) in [5.41, 5.74) is 0. The third kappa shape index (κ3) is 6.71. The van der Waals surface area contributed by atoms with E-state index < -0.39 is 12.1 Å². The van der Waals surface area contributed by atoms with Crippen LogP contribution in [0.2, 0.25) is 0 Å². The van der Waals surface area contributed by atoms with Crippen molar-refractivity contribution in [2.24, 2.45) is 5.92 Å². The Balaban J connectivity index is 2.35. The molecular formula is C17H27NO4S. The van der Waals surface area contributed by atoms with Crippen LogP contribution in [-0.2, 0) is 19.1 Å². The molecule has 1 rings (SSSR count). The number of hydrogen-bond acceptors (Lipinski definition) is 5. The molecule has 0 radical (unpaired) electrons. The first kappa shape index (κ1) is 19.6. The monoisotopic (exact) mass is 341 g/mol. The molecule has 0 saturated carbocycles. The maximum absolute atomic E-state index is 12.1. The number of likely N-dealkylation sites (N-methyl/N-ethyl adjacent to an activating group) is 1. The average Bonchev–Trinajstić information content (AvgIpc) is 3.04. The lowest BCUT2D eigenvalue weighted by Gasteiger charge is -2.24. The molecule has 0 spiro atoms. The molecule has 0 aliphatic heterocycles. The van der Waals surface area contributed by atoms with Crippen molar-refractivity contribution >= 4 is 23.2 Å². The van der Waals surface area contributed by atoms with E-state index in [1.165, 1.54) is 0 Å². The lowest BCUT2D eigenvalue weighted by Crippen LogP contribution is -2.35. The van der Waals surface area contributed by atoms with Crippen LogP contribution >= 0.6 is 11.3 Å². The maximum atomic E-state index is 12.1. The highest BCUT2D eigenvalue weighted by Gasteiger charge is 2.21. The second-order valence-corrected chi connectivity index (χ2v) is 6.98. The predicted octanol–water partition coefficient (Wildman–Crippen LogP) is 3.26. The van der Waals surface area contributed by atoms with Gasteiger partial charge in [0.15, 0.2) is 12.7 Å². The molecule has 0 fully saturated rings. The smallest absolute Gasteiger partial charge is 0.335 e. The number of amides is 1. The summed E-state index contributed by atoms with van der Waals surface area (Å²) in [6.45, 7) is 8.03. The van der Waals surface area contributed by atoms with Gasteiger partial charge in [0.1, 0.15) is 0 Å². The van der Waals surface area contributed by atoms with E-state index in [1.807, 2.05) is 24.4 Å². The van der Waals surface area contributed by atoms with E-state index >= 15 is 0 Å². The third-order valence-electron chi connectivity index (χ3n) is 3.66. The van der Waals surface area contributed by atoms with Crippen molar-refractivity contribution in [3.05, 3.63) is 22.4 Å². The highest BCUT2D eigenvalue weighted by atomic mass is 32.1. The predicted molar refractivity (Wildman–Crippen MR) is 91.3 cm³/mol. The molecule has 5 nitrogen and oxygen atoms in total. The molecule has 1 aromatic rings. The van der Waals surface area contributed by atoms with Crippen molar-refractivity contribution in [3.8, 4) is 0 Å². The van der Waals surface area contributed by atoms with Crippen molar-refractivity contribution in [1.29, 1.82) is 0 Å². The van der Waals surface area contributed by atoms with Crippen molar-refractivity contribution < 1.29 is 19.1 Å². The van der Waals surface area contributed by atoms with Gasteiger partial charge in [-0.3, -0.25) is 4.79 Å². The Kier molecular flexibility index (Phi) is 8.26. The van der Waals surface area contributed by atoms with Crippen LogP contribution in [0.15, 0.2) is 17.5 Å². The Bertz CT molecular complexity index is 487. The Morgan fingerprint density at radius 2 is 1.96 bits per heavy atom. The van der Waals surface area contributed by atoms with Crippen LogP contribution in [0.4, 0.5) is 0 Å². The fourth-order valence-corrected chi connectivity index (χ4v) is 2.66. The van der Waals surface area contributed by atoms with Gasteiger partial charge >= 0.3 is 5.97 Å². The van der Waals surface area contributed by atoms with E-state index in [-0.39, 0.29) is 18.6 Å². The second-order valence-electron chi connectivity index (χ2n) is 6.00. The molecule has 0 N–H and O–H groups in total. The van der Waals surface area contributed by atoms with Crippen LogP contribution in [0.25, 0.3) is 0 Å². The summed E-state index contributed by atoms with van der Waals surface area (Å²) in [5.74, 6) is -0.208. The number of carbonyl (C=O) groups is 2. The Morgan fingerprint density at radius 3 is 2.52 bits per heavy atom. The second kappa shape index (κ2) is 9.67. The molecule has 2 unspecified atom stereocenters. The molecule has 0 aliphatic rings. The van der Waals surface area contributed by atoms with E-state index in [2.05, 4.69) is 13.8 Å². The Labute approximate surface area is 142 Å². The number of rotatable bonds is 9. The largest absolute Gasteiger partial charge is 0.454 e. The van der Waals surface area contributed by atoms with Crippen molar-refractivity contribution in [3.63, 3.8) is 0 Å². The summed E-state index contributed by atoms with van der Waals surface area (Å²) in [7, 11) is 1.71. The van der Waals surface area contributed by atoms with Crippen LogP contribution < -0.4 is 0 Å². The molecule has 0 bridgehead atoms. The first-order valence-corrected chi connectivity index (χ1v) is 8.78. The van der Waals surface area contributed by atoms with Crippen molar-refractivity contribution in [2.75, 3.05) is 20.3 Å². The molecule has 6 heteroatoms. The lowest BCUT2D eigenvalue weighted by molar-refractivity contribution is -0.161. The topological polar surface area (TPSA) is 55.8 Å². The minimum absolute atomic E-state index is 0.0408. The van der Waals surface area contributed by atoms with Gasteiger partial charge in [0.2, 0.25) is 0 Å². The standard InChI is InChI=1S/C17H27NO4S/c1-12(2)8-9-21-14(4)17(20)22-11-16(19)18(5)13(3)15-7-6-10-23-15/h6-7,10,12-14H,8-9,11H2,1-5H3. The number of esters is 1. The Hall–Kier alpha value is -1.40. The van der Waals surface area contributed by atoms with E-state index in [4.69, 9.17) is 9.47 Å². The first-order valence-electron chi connectivity index (χ1n) is 7.90. The zero-order valence-electron chi connectivity index (χ0n) is 14.6. The average molecular weight is 341 g/mol. The first-order chi connectivity index (χ1) is 10.8. The summed E-state index contributed by atoms with van der Waals surface area (Å²) in [6, 6.07) is 3.89. The van der Waals surface area contributed by atoms with Crippen LogP contribution in [0.5, 0.6) is 0 Å². The van der Waals surface area contributed by atoms with Crippen LogP contribution in [0.3, 0.4) is 0 Å². The van der Waals surface area contributed by atoms with Gasteiger partial charge in [-0.1, -0.05) is 19.9 Å². The zero-order chi connectivity index (χ0) is 17.4. The molecule has 0 aromatic carbocycles. The molecule has 130 valence electrons. The van der Waals surface area contributed by atoms with E-state index in [9.17, 15) is 9.59 Å². The highest BCUT2D eigenvalue weighted by Crippen LogP contribution is 2.23. The van der Waals surface area contributed by atoms with Crippen molar-refractivity contribution in [2.45, 2.75) is 46.3 Å². The van der Waals surface area contributed by atoms with Gasteiger partial charge in [-0.2, -0.15) is 0 Å². The number of ether oxygens (including phenoxy) is 2. The fraction of sp³-hybridized carbons (Fsp3) is 0.647. The number of carbonyl (C=O) groups excluding carboxylic acids is 2. The van der Waals surface area contributed by atoms with Gasteiger partial charge in [0.05, 0.1) is 6.04 Å². The van der Waals surface area contributed by atoms with E-state index in [0.29, 0.717) is 12.5 Å². The molecule has 2 atom stereocenters. The zero-order valence-corrected chi connectivity index (χ0v) is 15.4. The molecular weight excluding hydrogens is 314 g/mol. The van der Waals surface area contributed by atoms with E-state index in [0.717, 1.165) is 11.3 Å². The lowest BCUT2D eigenvalue weighted by atomic mass is 10.1. The minimum Gasteiger partial charge on any atom is -0.454 e. The van der Waals surface area contributed by atoms with Gasteiger partial charge < -0.3 is 14.4 Å². The van der Waals surface area contributed by atoms with E-state index in [1.54, 1.807) is 30.2 Å². The Morgan fingerprint density at radius 1 is 1.26 bits per heavy atom. The highest BCUT2D eigenvalue weighted by molar-refractivity contribution is 7.10. The number of hydrogen-bond donors (Lipinski definition) is 0. The van der Waals surface area contributed by atoms with Gasteiger partial charge in [0, 0.05) is 18.5 Å². The fourth-order valence-electron chi connectivity index (χ4n) is 1.84. The van der Waals surface area contributed by atoms with Crippen LogP contribution in [0.1, 0.15) is 45.0 Å². The van der Waals surface area contributed by atoms with Crippen LogP contribution in [0, 0.1) is 5.92 Å². The number of thiophene rings is 1. The van der Waals surface area contributed by atoms with Gasteiger partial charge in [0.25, 0.3) is 5.91 Å². The minimum atomic E-state index is -0.651. The van der Waals surface area contributed by atoms with Gasteiger partial charge in [-0.15, -0.1) is 11.3 Å². The molecule has 0 aliphatic carbocycles. The third-order valence-corrected chi connectivity index (χ3v) is 4.70. The molecule has 1 amide bonds. The quantitative estimate of drug-likeness (QED) is 0.647. The summed E-state index contributed by atoms with van der Waals surface area (Å²) < 4.78 is 10.5. The molecule has 23 heavy (non-hydrogen) atoms. The van der Waals surface area contributed by atoms with Crippen LogP contribution in [-0.4, -0.2) is 43.1 Å². The summed E-state index contributed by atoms with van der Waals surface area (Å²) in [6.07, 6.45) is 0.235. The molecule has 1 aromatic heterocycles. The SMILES string of the molecule is CC(C)CCOC(C)C(=O)OCC(=O)N(C)C(C)c1cccs1.